The van der Waals surface area contributed by atoms with Gasteiger partial charge in [0.1, 0.15) is 11.9 Å². The number of fused-ring (bicyclic) bond motifs is 1. The lowest BCUT2D eigenvalue weighted by atomic mass is 10.1. The van der Waals surface area contributed by atoms with Crippen LogP contribution >= 0.6 is 0 Å². The maximum Gasteiger partial charge on any atom is 0.315 e. The number of rotatable bonds is 4. The lowest BCUT2D eigenvalue weighted by Crippen LogP contribution is -2.40. The number of ether oxygens (including phenoxy) is 1. The minimum Gasteiger partial charge on any atom is -0.488 e. The second kappa shape index (κ2) is 6.13. The molecule has 3 rings (SSSR count). The van der Waals surface area contributed by atoms with Crippen LogP contribution in [-0.2, 0) is 20.0 Å². The van der Waals surface area contributed by atoms with E-state index in [4.69, 9.17) is 4.74 Å². The molecular formula is C17H21N3O2. The number of nitrogens with one attached hydrogen (secondary N) is 2. The lowest BCUT2D eigenvalue weighted by molar-refractivity contribution is 0.213. The molecule has 2 aromatic rings. The van der Waals surface area contributed by atoms with Gasteiger partial charge in [-0.1, -0.05) is 18.2 Å². The van der Waals surface area contributed by atoms with Gasteiger partial charge in [-0.05, 0) is 30.7 Å². The average Bonchev–Trinajstić information content (AvgIpc) is 3.07. The van der Waals surface area contributed by atoms with E-state index < -0.39 is 0 Å². The van der Waals surface area contributed by atoms with E-state index in [1.165, 1.54) is 11.3 Å². The first-order valence-electron chi connectivity index (χ1n) is 7.51. The summed E-state index contributed by atoms with van der Waals surface area (Å²) >= 11 is 0. The summed E-state index contributed by atoms with van der Waals surface area (Å²) in [5.41, 5.74) is 3.46. The monoisotopic (exact) mass is 299 g/mol. The van der Waals surface area contributed by atoms with Crippen molar-refractivity contribution in [3.8, 4) is 5.75 Å². The molecule has 0 bridgehead atoms. The quantitative estimate of drug-likeness (QED) is 0.909. The zero-order valence-corrected chi connectivity index (χ0v) is 12.9. The Morgan fingerprint density at radius 3 is 2.82 bits per heavy atom. The van der Waals surface area contributed by atoms with Crippen LogP contribution in [0.5, 0.6) is 5.75 Å². The fraction of sp³-hybridized carbons (Fsp3) is 0.353. The molecule has 1 aliphatic heterocycles. The molecule has 2 N–H and O–H groups in total. The molecule has 0 spiro atoms. The number of aryl methyl sites for hydroxylation is 1. The van der Waals surface area contributed by atoms with E-state index in [1.807, 2.05) is 44.3 Å². The largest absolute Gasteiger partial charge is 0.488 e. The van der Waals surface area contributed by atoms with Gasteiger partial charge >= 0.3 is 6.03 Å². The lowest BCUT2D eigenvalue weighted by Gasteiger charge is -2.13. The van der Waals surface area contributed by atoms with E-state index in [0.29, 0.717) is 13.1 Å². The molecular weight excluding hydrogens is 278 g/mol. The van der Waals surface area contributed by atoms with Crippen LogP contribution in [0.4, 0.5) is 4.79 Å². The number of carbonyl (C=O) groups is 1. The molecule has 116 valence electrons. The third kappa shape index (κ3) is 3.08. The van der Waals surface area contributed by atoms with Gasteiger partial charge in [-0.15, -0.1) is 0 Å². The van der Waals surface area contributed by atoms with Gasteiger partial charge in [-0.25, -0.2) is 4.79 Å². The van der Waals surface area contributed by atoms with Gasteiger partial charge in [0.25, 0.3) is 0 Å². The molecule has 0 aliphatic carbocycles. The second-order valence-corrected chi connectivity index (χ2v) is 5.64. The van der Waals surface area contributed by atoms with Crippen molar-refractivity contribution >= 4 is 6.03 Å². The number of nitrogens with zero attached hydrogens (tertiary/aromatic N) is 1. The minimum atomic E-state index is -0.168. The standard InChI is InChI=1S/C17H21N3O2/c1-12-7-8-14(20(12)2)10-18-17(21)19-11-15-9-13-5-3-4-6-16(13)22-15/h3-8,15H,9-11H2,1-2H3,(H2,18,19,21)/t15-/m0/s1. The first-order chi connectivity index (χ1) is 10.6. The van der Waals surface area contributed by atoms with Crippen LogP contribution in [0.1, 0.15) is 17.0 Å². The molecule has 0 fully saturated rings. The van der Waals surface area contributed by atoms with Gasteiger partial charge in [-0.2, -0.15) is 0 Å². The average molecular weight is 299 g/mol. The first kappa shape index (κ1) is 14.5. The van der Waals surface area contributed by atoms with Crippen molar-refractivity contribution in [3.63, 3.8) is 0 Å². The van der Waals surface area contributed by atoms with E-state index in [2.05, 4.69) is 21.3 Å². The maximum atomic E-state index is 11.9. The smallest absolute Gasteiger partial charge is 0.315 e. The highest BCUT2D eigenvalue weighted by atomic mass is 16.5. The minimum absolute atomic E-state index is 0.0143. The Bertz CT molecular complexity index is 653. The van der Waals surface area contributed by atoms with E-state index in [9.17, 15) is 4.79 Å². The summed E-state index contributed by atoms with van der Waals surface area (Å²) in [6, 6.07) is 11.9. The number of para-hydroxylation sites is 1. The molecule has 1 aromatic heterocycles. The third-order valence-electron chi connectivity index (χ3n) is 4.11. The predicted molar refractivity (Wildman–Crippen MR) is 85.0 cm³/mol. The summed E-state index contributed by atoms with van der Waals surface area (Å²) in [5.74, 6) is 0.925. The molecule has 1 atom stereocenters. The Morgan fingerprint density at radius 1 is 1.27 bits per heavy atom. The van der Waals surface area contributed by atoms with Crippen molar-refractivity contribution in [2.24, 2.45) is 7.05 Å². The van der Waals surface area contributed by atoms with Crippen molar-refractivity contribution in [2.45, 2.75) is 26.0 Å². The van der Waals surface area contributed by atoms with Crippen molar-refractivity contribution in [3.05, 3.63) is 53.3 Å². The molecule has 0 unspecified atom stereocenters. The Balaban J connectivity index is 1.43. The third-order valence-corrected chi connectivity index (χ3v) is 4.11. The fourth-order valence-corrected chi connectivity index (χ4v) is 2.65. The van der Waals surface area contributed by atoms with Crippen LogP contribution in [0.3, 0.4) is 0 Å². The van der Waals surface area contributed by atoms with Crippen LogP contribution in [0.15, 0.2) is 36.4 Å². The van der Waals surface area contributed by atoms with Gasteiger partial charge in [-0.3, -0.25) is 0 Å². The van der Waals surface area contributed by atoms with Crippen LogP contribution < -0.4 is 15.4 Å². The summed E-state index contributed by atoms with van der Waals surface area (Å²) in [6.45, 7) is 3.06. The zero-order valence-electron chi connectivity index (χ0n) is 12.9. The number of carbonyl (C=O) groups excluding carboxylic acids is 1. The van der Waals surface area contributed by atoms with Crippen molar-refractivity contribution in [2.75, 3.05) is 6.54 Å². The molecule has 5 heteroatoms. The summed E-state index contributed by atoms with van der Waals surface area (Å²) in [6.07, 6.45) is 0.855. The predicted octanol–water partition coefficient (Wildman–Crippen LogP) is 2.14. The van der Waals surface area contributed by atoms with Gasteiger partial charge in [0, 0.05) is 24.9 Å². The van der Waals surface area contributed by atoms with E-state index in [-0.39, 0.29) is 12.1 Å². The summed E-state index contributed by atoms with van der Waals surface area (Å²) in [4.78, 5) is 11.9. The van der Waals surface area contributed by atoms with E-state index >= 15 is 0 Å². The van der Waals surface area contributed by atoms with Crippen molar-refractivity contribution in [1.29, 1.82) is 0 Å². The van der Waals surface area contributed by atoms with Crippen LogP contribution in [-0.4, -0.2) is 23.2 Å². The molecule has 0 radical (unpaired) electrons. The Hall–Kier alpha value is -2.43. The number of aromatic nitrogens is 1. The maximum absolute atomic E-state index is 11.9. The van der Waals surface area contributed by atoms with E-state index in [0.717, 1.165) is 17.9 Å². The highest BCUT2D eigenvalue weighted by Gasteiger charge is 2.22. The SMILES string of the molecule is Cc1ccc(CNC(=O)NC[C@@H]2Cc3ccccc3O2)n1C. The van der Waals surface area contributed by atoms with Crippen LogP contribution in [0.2, 0.25) is 0 Å². The van der Waals surface area contributed by atoms with Gasteiger partial charge < -0.3 is 19.9 Å². The molecule has 1 aromatic carbocycles. The van der Waals surface area contributed by atoms with Crippen LogP contribution in [0, 0.1) is 6.92 Å². The number of benzene rings is 1. The molecule has 5 nitrogen and oxygen atoms in total. The van der Waals surface area contributed by atoms with Gasteiger partial charge in [0.15, 0.2) is 0 Å². The van der Waals surface area contributed by atoms with Crippen molar-refractivity contribution in [1.82, 2.24) is 15.2 Å². The van der Waals surface area contributed by atoms with E-state index in [1.54, 1.807) is 0 Å². The molecule has 22 heavy (non-hydrogen) atoms. The zero-order chi connectivity index (χ0) is 15.5. The Morgan fingerprint density at radius 2 is 2.09 bits per heavy atom. The summed E-state index contributed by atoms with van der Waals surface area (Å²) < 4.78 is 7.86. The number of urea groups is 1. The Kier molecular flexibility index (Phi) is 4.04. The number of amides is 2. The van der Waals surface area contributed by atoms with Crippen molar-refractivity contribution < 1.29 is 9.53 Å². The molecule has 2 amide bonds. The molecule has 0 saturated carbocycles. The number of hydrogen-bond donors (Lipinski definition) is 2. The molecule has 1 aliphatic rings. The molecule has 0 saturated heterocycles. The molecule has 2 heterocycles. The second-order valence-electron chi connectivity index (χ2n) is 5.64. The summed E-state index contributed by atoms with van der Waals surface area (Å²) in [7, 11) is 1.99. The first-order valence-corrected chi connectivity index (χ1v) is 7.51. The highest BCUT2D eigenvalue weighted by molar-refractivity contribution is 5.73. The Labute approximate surface area is 130 Å². The topological polar surface area (TPSA) is 55.3 Å². The normalized spacial score (nSPS) is 16.0. The highest BCUT2D eigenvalue weighted by Crippen LogP contribution is 2.27. The van der Waals surface area contributed by atoms with Crippen LogP contribution in [0.25, 0.3) is 0 Å². The van der Waals surface area contributed by atoms with Gasteiger partial charge in [0.2, 0.25) is 0 Å². The summed E-state index contributed by atoms with van der Waals surface area (Å²) in [5, 5.41) is 5.74. The number of hydrogen-bond acceptors (Lipinski definition) is 2. The fourth-order valence-electron chi connectivity index (χ4n) is 2.65. The van der Waals surface area contributed by atoms with Gasteiger partial charge in [0.05, 0.1) is 13.1 Å².